The van der Waals surface area contributed by atoms with E-state index in [-0.39, 0.29) is 28.4 Å². The highest BCUT2D eigenvalue weighted by Gasteiger charge is 2.66. The molecule has 0 aromatic carbocycles. The van der Waals surface area contributed by atoms with Gasteiger partial charge in [0.1, 0.15) is 5.92 Å². The van der Waals surface area contributed by atoms with Gasteiger partial charge in [-0.2, -0.15) is 5.26 Å². The summed E-state index contributed by atoms with van der Waals surface area (Å²) >= 11 is 0. The van der Waals surface area contributed by atoms with Crippen LogP contribution >= 0.6 is 0 Å². The van der Waals surface area contributed by atoms with Crippen molar-refractivity contribution in [3.63, 3.8) is 0 Å². The summed E-state index contributed by atoms with van der Waals surface area (Å²) in [5, 5.41) is 9.85. The summed E-state index contributed by atoms with van der Waals surface area (Å²) < 4.78 is 0. The van der Waals surface area contributed by atoms with Crippen LogP contribution < -0.4 is 0 Å². The fraction of sp³-hybridized carbons (Fsp3) is 0.833. The maximum absolute atomic E-state index is 14.0. The van der Waals surface area contributed by atoms with E-state index in [4.69, 9.17) is 0 Å². The molecule has 0 heterocycles. The van der Waals surface area contributed by atoms with Crippen LogP contribution in [-0.2, 0) is 9.59 Å². The molecule has 0 aromatic rings. The molecule has 0 saturated heterocycles. The minimum Gasteiger partial charge on any atom is -0.298 e. The monoisotopic (exact) mass is 449 g/mol. The quantitative estimate of drug-likeness (QED) is 0.403. The number of carbonyl (C=O) groups excluding carboxylic acids is 2. The Morgan fingerprint density at radius 3 is 2.21 bits per heavy atom. The van der Waals surface area contributed by atoms with Crippen molar-refractivity contribution >= 4 is 11.6 Å². The van der Waals surface area contributed by atoms with Gasteiger partial charge in [0.2, 0.25) is 0 Å². The number of hydrogen-bond acceptors (Lipinski definition) is 3. The fourth-order valence-electron chi connectivity index (χ4n) is 10.0. The van der Waals surface area contributed by atoms with Crippen LogP contribution in [0.2, 0.25) is 0 Å². The first-order valence-electron chi connectivity index (χ1n) is 13.4. The Hall–Kier alpha value is -1.43. The molecule has 33 heavy (non-hydrogen) atoms. The van der Waals surface area contributed by atoms with Crippen LogP contribution in [0, 0.1) is 68.0 Å². The minimum absolute atomic E-state index is 0.00319. The molecule has 5 aliphatic carbocycles. The van der Waals surface area contributed by atoms with Gasteiger partial charge >= 0.3 is 0 Å². The third-order valence-electron chi connectivity index (χ3n) is 11.9. The molecule has 3 heteroatoms. The summed E-state index contributed by atoms with van der Waals surface area (Å²) in [5.41, 5.74) is 1.13. The number of ketones is 2. The molecule has 0 amide bonds. The molecule has 0 N–H and O–H groups in total. The van der Waals surface area contributed by atoms with Gasteiger partial charge in [-0.3, -0.25) is 9.59 Å². The van der Waals surface area contributed by atoms with Crippen molar-refractivity contribution in [2.45, 2.75) is 99.8 Å². The van der Waals surface area contributed by atoms with Crippen LogP contribution in [-0.4, -0.2) is 11.6 Å². The molecule has 0 aliphatic heterocycles. The van der Waals surface area contributed by atoms with Gasteiger partial charge < -0.3 is 0 Å². The lowest BCUT2D eigenvalue weighted by molar-refractivity contribution is -0.155. The number of rotatable bonds is 0. The molecule has 180 valence electrons. The van der Waals surface area contributed by atoms with E-state index in [9.17, 15) is 14.9 Å². The van der Waals surface area contributed by atoms with Crippen LogP contribution in [0.1, 0.15) is 99.8 Å². The lowest BCUT2D eigenvalue weighted by Gasteiger charge is -2.66. The highest BCUT2D eigenvalue weighted by Crippen LogP contribution is 2.71. The molecule has 0 radical (unpaired) electrons. The van der Waals surface area contributed by atoms with E-state index in [1.165, 1.54) is 24.8 Å². The van der Waals surface area contributed by atoms with E-state index in [2.05, 4.69) is 60.6 Å². The molecule has 0 spiro atoms. The number of nitriles is 1. The Bertz CT molecular complexity index is 982. The molecule has 4 saturated carbocycles. The molecule has 0 aromatic heterocycles. The van der Waals surface area contributed by atoms with E-state index in [1.54, 1.807) is 0 Å². The number of nitrogens with zero attached hydrogens (tertiary/aromatic N) is 1. The van der Waals surface area contributed by atoms with Gasteiger partial charge in [-0.15, -0.1) is 0 Å². The normalized spacial score (nSPS) is 50.1. The molecule has 3 nitrogen and oxygen atoms in total. The second kappa shape index (κ2) is 6.83. The molecule has 5 aliphatic rings. The van der Waals surface area contributed by atoms with E-state index < -0.39 is 11.3 Å². The van der Waals surface area contributed by atoms with E-state index in [1.807, 2.05) is 0 Å². The van der Waals surface area contributed by atoms with Crippen LogP contribution in [0.5, 0.6) is 0 Å². The predicted molar refractivity (Wildman–Crippen MR) is 130 cm³/mol. The average Bonchev–Trinajstić information content (AvgIpc) is 2.72. The Morgan fingerprint density at radius 2 is 1.55 bits per heavy atom. The standard InChI is InChI=1S/C30H43NO2/c1-26(2)12-13-28(5)10-8-19-24(20(28)16-26)21(32)14-23-29(19,6)11-9-22-27(3,4)25(33)18(17-31)15-30(22,23)7/h14,18-20,22,24H,8-13,15-16H2,1-7H3. The molecule has 5 rings (SSSR count). The molecular weight excluding hydrogens is 406 g/mol. The average molecular weight is 450 g/mol. The lowest BCUT2D eigenvalue weighted by atomic mass is 9.37. The van der Waals surface area contributed by atoms with Gasteiger partial charge in [-0.1, -0.05) is 54.0 Å². The van der Waals surface area contributed by atoms with Gasteiger partial charge in [0.05, 0.1) is 6.07 Å². The van der Waals surface area contributed by atoms with Crippen LogP contribution in [0.15, 0.2) is 11.6 Å². The number of Topliss-reactive ketones (excluding diaryl/α,β-unsaturated/α-hetero) is 1. The maximum Gasteiger partial charge on any atom is 0.159 e. The summed E-state index contributed by atoms with van der Waals surface area (Å²) in [4.78, 5) is 27.2. The predicted octanol–water partition coefficient (Wildman–Crippen LogP) is 6.92. The number of hydrogen-bond donors (Lipinski definition) is 0. The molecule has 4 fully saturated rings. The van der Waals surface area contributed by atoms with Crippen LogP contribution in [0.4, 0.5) is 0 Å². The first-order chi connectivity index (χ1) is 15.2. The van der Waals surface area contributed by atoms with Gasteiger partial charge in [0, 0.05) is 11.3 Å². The van der Waals surface area contributed by atoms with Crippen molar-refractivity contribution in [2.24, 2.45) is 56.7 Å². The second-order valence-electron chi connectivity index (χ2n) is 14.7. The molecule has 8 atom stereocenters. The zero-order valence-electron chi connectivity index (χ0n) is 21.9. The first-order valence-corrected chi connectivity index (χ1v) is 13.4. The fourth-order valence-corrected chi connectivity index (χ4v) is 10.0. The zero-order valence-corrected chi connectivity index (χ0v) is 21.9. The summed E-state index contributed by atoms with van der Waals surface area (Å²) in [6, 6.07) is 2.33. The van der Waals surface area contributed by atoms with Crippen molar-refractivity contribution in [1.29, 1.82) is 5.26 Å². The van der Waals surface area contributed by atoms with Gasteiger partial charge in [-0.25, -0.2) is 0 Å². The number of allylic oxidation sites excluding steroid dienone is 2. The molecular formula is C30H43NO2. The third-order valence-corrected chi connectivity index (χ3v) is 11.9. The van der Waals surface area contributed by atoms with E-state index in [0.29, 0.717) is 34.9 Å². The van der Waals surface area contributed by atoms with Crippen molar-refractivity contribution in [3.05, 3.63) is 11.6 Å². The maximum atomic E-state index is 14.0. The van der Waals surface area contributed by atoms with Gasteiger partial charge in [0.15, 0.2) is 11.6 Å². The summed E-state index contributed by atoms with van der Waals surface area (Å²) in [6.45, 7) is 16.1. The van der Waals surface area contributed by atoms with Gasteiger partial charge in [0.25, 0.3) is 0 Å². The lowest BCUT2D eigenvalue weighted by Crippen LogP contribution is -2.61. The first kappa shape index (κ1) is 23.3. The van der Waals surface area contributed by atoms with Crippen LogP contribution in [0.3, 0.4) is 0 Å². The summed E-state index contributed by atoms with van der Waals surface area (Å²) in [7, 11) is 0. The summed E-state index contributed by atoms with van der Waals surface area (Å²) in [5.74, 6) is 1.11. The minimum atomic E-state index is -0.564. The largest absolute Gasteiger partial charge is 0.298 e. The Morgan fingerprint density at radius 1 is 0.848 bits per heavy atom. The smallest absolute Gasteiger partial charge is 0.159 e. The SMILES string of the molecule is CC1(C)CCC2(C)CCC3C(C(=O)C=C4C3(C)CCC3C(C)(C)C(=O)C(C#N)CC43C)C2C1. The third kappa shape index (κ3) is 2.98. The van der Waals surface area contributed by atoms with E-state index >= 15 is 0 Å². The number of fused-ring (bicyclic) bond motifs is 7. The Balaban J connectivity index is 1.61. The zero-order chi connectivity index (χ0) is 24.2. The van der Waals surface area contributed by atoms with Crippen LogP contribution in [0.25, 0.3) is 0 Å². The van der Waals surface area contributed by atoms with E-state index in [0.717, 1.165) is 25.7 Å². The summed E-state index contributed by atoms with van der Waals surface area (Å²) in [6.07, 6.45) is 10.8. The molecule has 0 bridgehead atoms. The van der Waals surface area contributed by atoms with Crippen molar-refractivity contribution < 1.29 is 9.59 Å². The van der Waals surface area contributed by atoms with Crippen molar-refractivity contribution in [3.8, 4) is 6.07 Å². The highest BCUT2D eigenvalue weighted by atomic mass is 16.1. The van der Waals surface area contributed by atoms with Gasteiger partial charge in [-0.05, 0) is 96.9 Å². The molecule has 8 unspecified atom stereocenters. The second-order valence-corrected chi connectivity index (χ2v) is 14.7. The van der Waals surface area contributed by atoms with Crippen molar-refractivity contribution in [2.75, 3.05) is 0 Å². The van der Waals surface area contributed by atoms with Crippen molar-refractivity contribution in [1.82, 2.24) is 0 Å². The Kier molecular flexibility index (Phi) is 4.82. The Labute approximate surface area is 200 Å². The number of carbonyl (C=O) groups is 2. The topological polar surface area (TPSA) is 57.9 Å². The highest BCUT2D eigenvalue weighted by molar-refractivity contribution is 5.95.